The SMILES string of the molecule is O=c1[nH]c(S(=O)(=O)Cl)c([N+](=O)[O-])cc1OC(F)(F)F. The molecule has 0 saturated carbocycles. The van der Waals surface area contributed by atoms with E-state index in [2.05, 4.69) is 4.74 Å². The van der Waals surface area contributed by atoms with Gasteiger partial charge in [0.25, 0.3) is 14.6 Å². The van der Waals surface area contributed by atoms with Crippen molar-refractivity contribution in [1.29, 1.82) is 0 Å². The second kappa shape index (κ2) is 4.70. The van der Waals surface area contributed by atoms with Crippen molar-refractivity contribution in [3.8, 4) is 5.75 Å². The molecule has 13 heteroatoms. The van der Waals surface area contributed by atoms with Crippen LogP contribution in [0.2, 0.25) is 0 Å². The van der Waals surface area contributed by atoms with Gasteiger partial charge in [0.1, 0.15) is 0 Å². The van der Waals surface area contributed by atoms with Gasteiger partial charge in [-0.15, -0.1) is 13.2 Å². The van der Waals surface area contributed by atoms with Crippen molar-refractivity contribution in [2.24, 2.45) is 0 Å². The van der Waals surface area contributed by atoms with Crippen molar-refractivity contribution in [3.05, 3.63) is 26.5 Å². The molecule has 0 atom stereocenters. The molecule has 0 bridgehead atoms. The first-order valence-electron chi connectivity index (χ1n) is 4.04. The smallest absolute Gasteiger partial charge is 0.400 e. The van der Waals surface area contributed by atoms with Crippen LogP contribution in [0.1, 0.15) is 0 Å². The fourth-order valence-electron chi connectivity index (χ4n) is 1.01. The molecule has 1 aromatic heterocycles. The molecule has 0 amide bonds. The molecule has 1 N–H and O–H groups in total. The van der Waals surface area contributed by atoms with Crippen LogP contribution in [0.25, 0.3) is 0 Å². The minimum absolute atomic E-state index is 0.0155. The van der Waals surface area contributed by atoms with E-state index in [1.54, 1.807) is 0 Å². The second-order valence-corrected chi connectivity index (χ2v) is 5.42. The molecule has 0 radical (unpaired) electrons. The molecule has 1 rings (SSSR count). The lowest BCUT2D eigenvalue weighted by Gasteiger charge is -2.08. The number of rotatable bonds is 3. The zero-order valence-electron chi connectivity index (χ0n) is 8.39. The number of hydrogen-bond donors (Lipinski definition) is 1. The van der Waals surface area contributed by atoms with E-state index >= 15 is 0 Å². The molecule has 1 heterocycles. The summed E-state index contributed by atoms with van der Waals surface area (Å²) >= 11 is 0. The number of nitrogens with zero attached hydrogens (tertiary/aromatic N) is 1. The predicted molar refractivity (Wildman–Crippen MR) is 53.4 cm³/mol. The van der Waals surface area contributed by atoms with Crippen LogP contribution < -0.4 is 10.3 Å². The maximum absolute atomic E-state index is 11.9. The van der Waals surface area contributed by atoms with Crippen LogP contribution in [0.4, 0.5) is 18.9 Å². The average Bonchev–Trinajstić information content (AvgIpc) is 2.16. The van der Waals surface area contributed by atoms with Crippen LogP contribution in [0.5, 0.6) is 5.75 Å². The van der Waals surface area contributed by atoms with Gasteiger partial charge in [-0.2, -0.15) is 0 Å². The van der Waals surface area contributed by atoms with Crippen LogP contribution >= 0.6 is 10.7 Å². The highest BCUT2D eigenvalue weighted by Crippen LogP contribution is 2.28. The molecule has 0 aromatic carbocycles. The molecule has 0 spiro atoms. The molecule has 0 saturated heterocycles. The summed E-state index contributed by atoms with van der Waals surface area (Å²) in [6.07, 6.45) is -5.28. The summed E-state index contributed by atoms with van der Waals surface area (Å²) in [5, 5.41) is 9.19. The summed E-state index contributed by atoms with van der Waals surface area (Å²) in [5.74, 6) is -1.48. The largest absolute Gasteiger partial charge is 0.573 e. The Morgan fingerprint density at radius 3 is 2.32 bits per heavy atom. The molecule has 19 heavy (non-hydrogen) atoms. The molecular weight excluding hydrogens is 321 g/mol. The van der Waals surface area contributed by atoms with Crippen LogP contribution in [0.3, 0.4) is 0 Å². The van der Waals surface area contributed by atoms with Crippen molar-refractivity contribution in [2.45, 2.75) is 11.4 Å². The topological polar surface area (TPSA) is 119 Å². The van der Waals surface area contributed by atoms with Gasteiger partial charge in [0.15, 0.2) is 0 Å². The predicted octanol–water partition coefficient (Wildman–Crippen LogP) is 1.11. The lowest BCUT2D eigenvalue weighted by Crippen LogP contribution is -2.24. The Labute approximate surface area is 106 Å². The first kappa shape index (κ1) is 15.2. The quantitative estimate of drug-likeness (QED) is 0.505. The second-order valence-electron chi connectivity index (χ2n) is 2.92. The monoisotopic (exact) mass is 322 g/mol. The third-order valence-corrected chi connectivity index (χ3v) is 2.88. The van der Waals surface area contributed by atoms with E-state index in [0.29, 0.717) is 0 Å². The Balaban J connectivity index is 3.55. The summed E-state index contributed by atoms with van der Waals surface area (Å²) < 4.78 is 60.8. The lowest BCUT2D eigenvalue weighted by molar-refractivity contribution is -0.388. The molecule has 0 aliphatic heterocycles. The molecule has 106 valence electrons. The van der Waals surface area contributed by atoms with Gasteiger partial charge >= 0.3 is 12.0 Å². The van der Waals surface area contributed by atoms with Crippen LogP contribution in [-0.4, -0.2) is 24.7 Å². The lowest BCUT2D eigenvalue weighted by atomic mass is 10.4. The molecule has 0 aliphatic carbocycles. The highest BCUT2D eigenvalue weighted by molar-refractivity contribution is 8.13. The average molecular weight is 323 g/mol. The summed E-state index contributed by atoms with van der Waals surface area (Å²) in [5.41, 5.74) is -2.99. The number of ether oxygens (including phenoxy) is 1. The maximum atomic E-state index is 11.9. The first-order valence-corrected chi connectivity index (χ1v) is 6.35. The van der Waals surface area contributed by atoms with Crippen LogP contribution in [0, 0.1) is 10.1 Å². The van der Waals surface area contributed by atoms with Crippen molar-refractivity contribution < 1.29 is 31.2 Å². The molecule has 0 aliphatic rings. The Morgan fingerprint density at radius 1 is 1.42 bits per heavy atom. The number of nitrogens with one attached hydrogen (secondary N) is 1. The van der Waals surface area contributed by atoms with E-state index in [0.717, 1.165) is 0 Å². The zero-order chi connectivity index (χ0) is 15.0. The number of hydrogen-bond acceptors (Lipinski definition) is 6. The van der Waals surface area contributed by atoms with E-state index < -0.39 is 42.4 Å². The normalized spacial score (nSPS) is 12.2. The number of alkyl halides is 3. The zero-order valence-corrected chi connectivity index (χ0v) is 9.97. The number of aromatic nitrogens is 1. The molecule has 0 unspecified atom stereocenters. The maximum Gasteiger partial charge on any atom is 0.573 e. The van der Waals surface area contributed by atoms with Gasteiger partial charge in [0.2, 0.25) is 10.8 Å². The van der Waals surface area contributed by atoms with E-state index in [4.69, 9.17) is 10.7 Å². The van der Waals surface area contributed by atoms with Gasteiger partial charge in [-0.25, -0.2) is 8.42 Å². The standard InChI is InChI=1S/C6H2ClF3N2O6S/c7-19(16,17)5-2(12(14)15)1-3(4(13)11-5)18-6(8,9)10/h1H,(H,11,13). The van der Waals surface area contributed by atoms with Crippen molar-refractivity contribution in [2.75, 3.05) is 0 Å². The molecule has 0 fully saturated rings. The third-order valence-electron chi connectivity index (χ3n) is 1.62. The first-order chi connectivity index (χ1) is 8.42. The van der Waals surface area contributed by atoms with E-state index in [-0.39, 0.29) is 6.07 Å². The fraction of sp³-hybridized carbons (Fsp3) is 0.167. The Bertz CT molecular complexity index is 681. The molecule has 8 nitrogen and oxygen atoms in total. The summed E-state index contributed by atoms with van der Waals surface area (Å²) in [6, 6.07) is 0.0155. The number of aromatic amines is 1. The van der Waals surface area contributed by atoms with Crippen LogP contribution in [0.15, 0.2) is 15.9 Å². The summed E-state index contributed by atoms with van der Waals surface area (Å²) in [6.45, 7) is 0. The Kier molecular flexibility index (Phi) is 3.77. The third kappa shape index (κ3) is 3.82. The summed E-state index contributed by atoms with van der Waals surface area (Å²) in [4.78, 5) is 21.6. The number of H-pyrrole nitrogens is 1. The number of pyridine rings is 1. The Hall–Kier alpha value is -1.82. The van der Waals surface area contributed by atoms with Gasteiger partial charge in [-0.3, -0.25) is 14.9 Å². The van der Waals surface area contributed by atoms with E-state index in [9.17, 15) is 36.5 Å². The Morgan fingerprint density at radius 2 is 1.95 bits per heavy atom. The highest BCUT2D eigenvalue weighted by atomic mass is 35.7. The van der Waals surface area contributed by atoms with Gasteiger partial charge in [0, 0.05) is 10.7 Å². The van der Waals surface area contributed by atoms with Crippen molar-refractivity contribution in [3.63, 3.8) is 0 Å². The van der Waals surface area contributed by atoms with E-state index in [1.807, 2.05) is 0 Å². The number of halogens is 4. The van der Waals surface area contributed by atoms with Crippen LogP contribution in [-0.2, 0) is 9.05 Å². The fourth-order valence-corrected chi connectivity index (χ4v) is 1.96. The van der Waals surface area contributed by atoms with Crippen molar-refractivity contribution >= 4 is 25.4 Å². The van der Waals surface area contributed by atoms with E-state index in [1.165, 1.54) is 4.98 Å². The molecule has 1 aromatic rings. The number of nitro groups is 1. The summed E-state index contributed by atoms with van der Waals surface area (Å²) in [7, 11) is 0.0765. The minimum Gasteiger partial charge on any atom is -0.400 e. The van der Waals surface area contributed by atoms with Gasteiger partial charge < -0.3 is 9.72 Å². The van der Waals surface area contributed by atoms with Gasteiger partial charge in [0.05, 0.1) is 11.0 Å². The molecular formula is C6H2ClF3N2O6S. The minimum atomic E-state index is -5.28. The van der Waals surface area contributed by atoms with Crippen molar-refractivity contribution in [1.82, 2.24) is 4.98 Å². The van der Waals surface area contributed by atoms with Gasteiger partial charge in [-0.1, -0.05) is 0 Å². The highest BCUT2D eigenvalue weighted by Gasteiger charge is 2.35. The van der Waals surface area contributed by atoms with Gasteiger partial charge in [-0.05, 0) is 0 Å².